The number of esters is 3. The molecule has 0 saturated carbocycles. The molecule has 6 heteroatoms. The minimum Gasteiger partial charge on any atom is -0.462 e. The Hall–Kier alpha value is -4.45. The predicted molar refractivity (Wildman–Crippen MR) is 357 cm³/mol. The number of hydrogen-bond donors (Lipinski definition) is 0. The van der Waals surface area contributed by atoms with Crippen molar-refractivity contribution in [3.8, 4) is 0 Å². The standard InChI is InChI=1S/C76H126O6/c1-4-7-10-13-16-19-22-25-27-29-30-31-32-33-34-35-36-37-38-39-40-41-42-43-44-45-46-47-49-51-54-57-60-63-66-69-75(78)81-72-73(71-80-74(77)68-65-62-59-56-53-50-24-21-18-15-12-9-6-3)82-76(79)70-67-64-61-58-55-52-48-28-26-23-20-17-14-11-8-5-2/h7,10,12,15-16,19,21,24-25,27-28,30-31,33-34,36-37,39-40,42-43,48,73H,4-6,8-9,11,13-14,17-18,20,22-23,26,29,32,35,38,41,44-47,49-72H2,1-3H3/b10-7-,15-12-,19-16-,24-21-,27-25-,31-30-,34-33-,37-36-,40-39-,43-42-,48-28-. The molecule has 1 unspecified atom stereocenters. The fourth-order valence-corrected chi connectivity index (χ4v) is 9.26. The molecule has 0 aromatic carbocycles. The summed E-state index contributed by atoms with van der Waals surface area (Å²) in [5.41, 5.74) is 0. The second-order valence-corrected chi connectivity index (χ2v) is 22.3. The minimum absolute atomic E-state index is 0.0895. The van der Waals surface area contributed by atoms with E-state index >= 15 is 0 Å². The van der Waals surface area contributed by atoms with Gasteiger partial charge < -0.3 is 14.2 Å². The van der Waals surface area contributed by atoms with Crippen molar-refractivity contribution in [1.29, 1.82) is 0 Å². The van der Waals surface area contributed by atoms with Crippen molar-refractivity contribution in [1.82, 2.24) is 0 Å². The topological polar surface area (TPSA) is 78.9 Å². The van der Waals surface area contributed by atoms with Crippen molar-refractivity contribution >= 4 is 17.9 Å². The summed E-state index contributed by atoms with van der Waals surface area (Å²) >= 11 is 0. The van der Waals surface area contributed by atoms with Gasteiger partial charge in [0, 0.05) is 19.3 Å². The number of allylic oxidation sites excluding steroid dienone is 22. The molecule has 0 amide bonds. The van der Waals surface area contributed by atoms with Gasteiger partial charge in [-0.2, -0.15) is 0 Å². The van der Waals surface area contributed by atoms with Gasteiger partial charge >= 0.3 is 17.9 Å². The maximum Gasteiger partial charge on any atom is 0.306 e. The average molecular weight is 1140 g/mol. The summed E-state index contributed by atoms with van der Waals surface area (Å²) in [5.74, 6) is -0.911. The number of carbonyl (C=O) groups is 3. The highest BCUT2D eigenvalue weighted by atomic mass is 16.6. The summed E-state index contributed by atoms with van der Waals surface area (Å²) in [5, 5.41) is 0. The normalized spacial score (nSPS) is 13.0. The summed E-state index contributed by atoms with van der Waals surface area (Å²) in [6.07, 6.45) is 97.6. The first-order chi connectivity index (χ1) is 40.5. The molecule has 0 aliphatic heterocycles. The van der Waals surface area contributed by atoms with Crippen molar-refractivity contribution < 1.29 is 28.6 Å². The van der Waals surface area contributed by atoms with Crippen LogP contribution >= 0.6 is 0 Å². The molecular formula is C76H126O6. The Morgan fingerprint density at radius 2 is 0.500 bits per heavy atom. The highest BCUT2D eigenvalue weighted by molar-refractivity contribution is 5.71. The van der Waals surface area contributed by atoms with E-state index in [9.17, 15) is 14.4 Å². The first-order valence-corrected chi connectivity index (χ1v) is 34.2. The quantitative estimate of drug-likeness (QED) is 0.0261. The monoisotopic (exact) mass is 1130 g/mol. The Morgan fingerprint density at radius 3 is 0.805 bits per heavy atom. The molecule has 1 atom stereocenters. The van der Waals surface area contributed by atoms with Crippen LogP contribution in [0.1, 0.15) is 310 Å². The van der Waals surface area contributed by atoms with Crippen LogP contribution in [0.5, 0.6) is 0 Å². The molecule has 0 heterocycles. The van der Waals surface area contributed by atoms with Crippen molar-refractivity contribution in [2.75, 3.05) is 13.2 Å². The van der Waals surface area contributed by atoms with E-state index in [0.717, 1.165) is 161 Å². The average Bonchev–Trinajstić information content (AvgIpc) is 3.47. The zero-order valence-corrected chi connectivity index (χ0v) is 53.5. The molecule has 0 bridgehead atoms. The third-order valence-electron chi connectivity index (χ3n) is 14.3. The van der Waals surface area contributed by atoms with Crippen LogP contribution < -0.4 is 0 Å². The van der Waals surface area contributed by atoms with Gasteiger partial charge in [0.2, 0.25) is 0 Å². The van der Waals surface area contributed by atoms with E-state index in [2.05, 4.69) is 154 Å². The molecule has 0 aromatic rings. The molecule has 0 aliphatic carbocycles. The minimum atomic E-state index is -0.794. The van der Waals surface area contributed by atoms with Gasteiger partial charge in [0.05, 0.1) is 0 Å². The number of hydrogen-bond acceptors (Lipinski definition) is 6. The van der Waals surface area contributed by atoms with Crippen LogP contribution in [0.3, 0.4) is 0 Å². The van der Waals surface area contributed by atoms with Gasteiger partial charge in [-0.3, -0.25) is 14.4 Å². The Bertz CT molecular complexity index is 1730. The molecule has 0 N–H and O–H groups in total. The van der Waals surface area contributed by atoms with E-state index in [0.29, 0.717) is 19.3 Å². The lowest BCUT2D eigenvalue weighted by Gasteiger charge is -2.18. The highest BCUT2D eigenvalue weighted by Gasteiger charge is 2.19. The summed E-state index contributed by atoms with van der Waals surface area (Å²) in [6.45, 7) is 6.45. The lowest BCUT2D eigenvalue weighted by Crippen LogP contribution is -2.30. The number of unbranched alkanes of at least 4 members (excludes halogenated alkanes) is 28. The van der Waals surface area contributed by atoms with Crippen LogP contribution in [0.15, 0.2) is 134 Å². The number of rotatable bonds is 61. The van der Waals surface area contributed by atoms with E-state index in [1.807, 2.05) is 0 Å². The molecule has 0 aromatic heterocycles. The van der Waals surface area contributed by atoms with Gasteiger partial charge in [-0.05, 0) is 135 Å². The molecule has 0 fully saturated rings. The summed E-state index contributed by atoms with van der Waals surface area (Å²) in [4.78, 5) is 38.3. The lowest BCUT2D eigenvalue weighted by molar-refractivity contribution is -0.167. The van der Waals surface area contributed by atoms with Crippen LogP contribution in [0.4, 0.5) is 0 Å². The Morgan fingerprint density at radius 1 is 0.256 bits per heavy atom. The van der Waals surface area contributed by atoms with Crippen molar-refractivity contribution in [3.63, 3.8) is 0 Å². The third kappa shape index (κ3) is 66.4. The molecule has 466 valence electrons. The summed E-state index contributed by atoms with van der Waals surface area (Å²) in [6, 6.07) is 0. The fraction of sp³-hybridized carbons (Fsp3) is 0.671. The van der Waals surface area contributed by atoms with E-state index in [-0.39, 0.29) is 31.1 Å². The molecule has 0 radical (unpaired) electrons. The maximum atomic E-state index is 12.9. The van der Waals surface area contributed by atoms with Gasteiger partial charge in [-0.1, -0.05) is 289 Å². The van der Waals surface area contributed by atoms with Crippen LogP contribution in [0, 0.1) is 0 Å². The third-order valence-corrected chi connectivity index (χ3v) is 14.3. The fourth-order valence-electron chi connectivity index (χ4n) is 9.26. The van der Waals surface area contributed by atoms with Crippen molar-refractivity contribution in [2.24, 2.45) is 0 Å². The molecule has 0 spiro atoms. The van der Waals surface area contributed by atoms with Crippen LogP contribution in [0.25, 0.3) is 0 Å². The lowest BCUT2D eigenvalue weighted by atomic mass is 10.1. The molecular weight excluding hydrogens is 1010 g/mol. The highest BCUT2D eigenvalue weighted by Crippen LogP contribution is 2.16. The van der Waals surface area contributed by atoms with Gasteiger partial charge in [-0.25, -0.2) is 0 Å². The molecule has 0 saturated heterocycles. The van der Waals surface area contributed by atoms with Crippen LogP contribution in [-0.2, 0) is 28.6 Å². The van der Waals surface area contributed by atoms with E-state index < -0.39 is 6.10 Å². The first-order valence-electron chi connectivity index (χ1n) is 34.2. The second kappa shape index (κ2) is 69.0. The predicted octanol–water partition coefficient (Wildman–Crippen LogP) is 23.7. The maximum absolute atomic E-state index is 12.9. The van der Waals surface area contributed by atoms with Gasteiger partial charge in [-0.15, -0.1) is 0 Å². The first kappa shape index (κ1) is 77.5. The molecule has 6 nitrogen and oxygen atoms in total. The van der Waals surface area contributed by atoms with Gasteiger partial charge in [0.25, 0.3) is 0 Å². The molecule has 0 rings (SSSR count). The SMILES string of the molecule is CC/C=C\C/C=C\C/C=C\C/C=C\C/C=C\C/C=C\C/C=C\C/C=C\CCCCCCCCCCCCC(=O)OCC(COC(=O)CCCCCCC/C=C\C/C=C\CCC)OC(=O)CCCCCCC/C=C\CCCCCCCCC. The Balaban J connectivity index is 4.24. The smallest absolute Gasteiger partial charge is 0.306 e. The van der Waals surface area contributed by atoms with Gasteiger partial charge in [0.15, 0.2) is 6.10 Å². The Kier molecular flexibility index (Phi) is 65.3. The van der Waals surface area contributed by atoms with E-state index in [1.165, 1.54) is 109 Å². The largest absolute Gasteiger partial charge is 0.462 e. The zero-order chi connectivity index (χ0) is 59.2. The second-order valence-electron chi connectivity index (χ2n) is 22.3. The summed E-state index contributed by atoms with van der Waals surface area (Å²) < 4.78 is 16.9. The number of carbonyl (C=O) groups excluding carboxylic acids is 3. The zero-order valence-electron chi connectivity index (χ0n) is 53.5. The Labute approximate surface area is 506 Å². The van der Waals surface area contributed by atoms with Crippen molar-refractivity contribution in [3.05, 3.63) is 134 Å². The van der Waals surface area contributed by atoms with Gasteiger partial charge in [0.1, 0.15) is 13.2 Å². The summed E-state index contributed by atoms with van der Waals surface area (Å²) in [7, 11) is 0. The van der Waals surface area contributed by atoms with E-state index in [4.69, 9.17) is 14.2 Å². The van der Waals surface area contributed by atoms with Crippen molar-refractivity contribution in [2.45, 2.75) is 316 Å². The number of ether oxygens (including phenoxy) is 3. The molecule has 0 aliphatic rings. The molecule has 82 heavy (non-hydrogen) atoms. The van der Waals surface area contributed by atoms with E-state index in [1.54, 1.807) is 0 Å². The van der Waals surface area contributed by atoms with Crippen LogP contribution in [0.2, 0.25) is 0 Å². The van der Waals surface area contributed by atoms with Crippen LogP contribution in [-0.4, -0.2) is 37.2 Å².